The Morgan fingerprint density at radius 3 is 2.50 bits per heavy atom. The first-order chi connectivity index (χ1) is 12.5. The highest BCUT2D eigenvalue weighted by Crippen LogP contribution is 2.22. The summed E-state index contributed by atoms with van der Waals surface area (Å²) in [6.07, 6.45) is 3.63. The molecular formula is C19H18ClFN4S. The van der Waals surface area contributed by atoms with Crippen molar-refractivity contribution in [2.45, 2.75) is 12.6 Å². The minimum absolute atomic E-state index is 0.222. The molecule has 0 fully saturated rings. The number of hydrogen-bond donors (Lipinski definition) is 2. The van der Waals surface area contributed by atoms with Crippen molar-refractivity contribution in [3.63, 3.8) is 0 Å². The van der Waals surface area contributed by atoms with E-state index in [9.17, 15) is 4.39 Å². The van der Waals surface area contributed by atoms with E-state index in [-0.39, 0.29) is 11.9 Å². The summed E-state index contributed by atoms with van der Waals surface area (Å²) in [6, 6.07) is 13.6. The Bertz CT molecular complexity index is 877. The van der Waals surface area contributed by atoms with Gasteiger partial charge in [0.2, 0.25) is 0 Å². The molecule has 4 nitrogen and oxygen atoms in total. The minimum atomic E-state index is -0.257. The highest BCUT2D eigenvalue weighted by molar-refractivity contribution is 7.80. The Labute approximate surface area is 162 Å². The second kappa shape index (κ2) is 8.29. The number of aryl methyl sites for hydroxylation is 1. The predicted octanol–water partition coefficient (Wildman–Crippen LogP) is 3.97. The van der Waals surface area contributed by atoms with Crippen LogP contribution >= 0.6 is 23.8 Å². The monoisotopic (exact) mass is 388 g/mol. The van der Waals surface area contributed by atoms with Crippen LogP contribution in [0.15, 0.2) is 60.9 Å². The second-order valence-electron chi connectivity index (χ2n) is 5.83. The number of nitrogens with zero attached hydrogens (tertiary/aromatic N) is 2. The Balaban J connectivity index is 1.73. The maximum Gasteiger partial charge on any atom is 0.167 e. The molecule has 1 aromatic heterocycles. The number of hydrogen-bond acceptors (Lipinski definition) is 2. The highest BCUT2D eigenvalue weighted by atomic mass is 35.5. The fourth-order valence-electron chi connectivity index (χ4n) is 2.57. The van der Waals surface area contributed by atoms with E-state index in [0.717, 1.165) is 17.0 Å². The Hall–Kier alpha value is -2.44. The van der Waals surface area contributed by atoms with Crippen LogP contribution in [0.1, 0.15) is 23.0 Å². The van der Waals surface area contributed by atoms with Gasteiger partial charge in [-0.05, 0) is 47.6 Å². The van der Waals surface area contributed by atoms with E-state index in [1.807, 2.05) is 42.1 Å². The third-order valence-corrected chi connectivity index (χ3v) is 4.48. The van der Waals surface area contributed by atoms with Gasteiger partial charge < -0.3 is 15.2 Å². The Morgan fingerprint density at radius 1 is 1.19 bits per heavy atom. The standard InChI is InChI=1S/C19H18ClFN4S/c1-25-11-10-22-18(25)17(14-4-6-15(20)7-5-14)24-19(26)23-12-13-2-8-16(21)9-3-13/h2-11,17H,12H2,1H3,(H2,23,24,26)/t17-/m0/s1. The van der Waals surface area contributed by atoms with Gasteiger partial charge in [-0.15, -0.1) is 0 Å². The van der Waals surface area contributed by atoms with E-state index in [1.165, 1.54) is 12.1 Å². The molecule has 134 valence electrons. The Morgan fingerprint density at radius 2 is 1.88 bits per heavy atom. The van der Waals surface area contributed by atoms with Crippen LogP contribution in [0.4, 0.5) is 4.39 Å². The molecule has 2 aromatic carbocycles. The molecule has 0 amide bonds. The van der Waals surface area contributed by atoms with Crippen molar-refractivity contribution in [3.05, 3.63) is 88.7 Å². The number of imidazole rings is 1. The molecule has 0 spiro atoms. The van der Waals surface area contributed by atoms with E-state index in [2.05, 4.69) is 15.6 Å². The second-order valence-corrected chi connectivity index (χ2v) is 6.68. The lowest BCUT2D eigenvalue weighted by molar-refractivity contribution is 0.626. The third kappa shape index (κ3) is 4.59. The summed E-state index contributed by atoms with van der Waals surface area (Å²) in [5.41, 5.74) is 1.94. The number of thiocarbonyl (C=S) groups is 1. The van der Waals surface area contributed by atoms with Gasteiger partial charge >= 0.3 is 0 Å². The van der Waals surface area contributed by atoms with Gasteiger partial charge in [0.1, 0.15) is 17.7 Å². The molecule has 0 saturated carbocycles. The van der Waals surface area contributed by atoms with Crippen molar-refractivity contribution >= 4 is 28.9 Å². The van der Waals surface area contributed by atoms with Crippen LogP contribution in [-0.4, -0.2) is 14.7 Å². The lowest BCUT2D eigenvalue weighted by atomic mass is 10.1. The molecule has 1 heterocycles. The van der Waals surface area contributed by atoms with Gasteiger partial charge in [0.05, 0.1) is 0 Å². The first-order valence-corrected chi connectivity index (χ1v) is 8.83. The fourth-order valence-corrected chi connectivity index (χ4v) is 2.89. The summed E-state index contributed by atoms with van der Waals surface area (Å²) >= 11 is 11.4. The quantitative estimate of drug-likeness (QED) is 0.649. The molecule has 0 unspecified atom stereocenters. The van der Waals surface area contributed by atoms with Crippen molar-refractivity contribution < 1.29 is 4.39 Å². The lowest BCUT2D eigenvalue weighted by Gasteiger charge is -2.21. The summed E-state index contributed by atoms with van der Waals surface area (Å²) < 4.78 is 14.9. The van der Waals surface area contributed by atoms with Gasteiger partial charge in [0, 0.05) is 31.0 Å². The van der Waals surface area contributed by atoms with Crippen LogP contribution < -0.4 is 10.6 Å². The molecule has 1 atom stereocenters. The van der Waals surface area contributed by atoms with Gasteiger partial charge in [-0.25, -0.2) is 9.37 Å². The molecule has 7 heteroatoms. The molecule has 0 bridgehead atoms. The van der Waals surface area contributed by atoms with Gasteiger partial charge in [-0.1, -0.05) is 35.9 Å². The fraction of sp³-hybridized carbons (Fsp3) is 0.158. The maximum atomic E-state index is 13.0. The molecule has 3 rings (SSSR count). The van der Waals surface area contributed by atoms with Crippen LogP contribution in [0.3, 0.4) is 0 Å². The van der Waals surface area contributed by atoms with Crippen LogP contribution in [0.2, 0.25) is 5.02 Å². The van der Waals surface area contributed by atoms with Crippen LogP contribution in [-0.2, 0) is 13.6 Å². The topological polar surface area (TPSA) is 41.9 Å². The van der Waals surface area contributed by atoms with Crippen molar-refractivity contribution in [2.75, 3.05) is 0 Å². The zero-order chi connectivity index (χ0) is 18.5. The Kier molecular flexibility index (Phi) is 5.85. The van der Waals surface area contributed by atoms with E-state index in [1.54, 1.807) is 18.3 Å². The number of nitrogens with one attached hydrogen (secondary N) is 2. The van der Waals surface area contributed by atoms with E-state index >= 15 is 0 Å². The number of benzene rings is 2. The largest absolute Gasteiger partial charge is 0.359 e. The summed E-state index contributed by atoms with van der Waals surface area (Å²) in [7, 11) is 1.93. The molecule has 0 radical (unpaired) electrons. The van der Waals surface area contributed by atoms with E-state index in [4.69, 9.17) is 23.8 Å². The van der Waals surface area contributed by atoms with Gasteiger partial charge in [-0.3, -0.25) is 0 Å². The molecule has 26 heavy (non-hydrogen) atoms. The minimum Gasteiger partial charge on any atom is -0.359 e. The van der Waals surface area contributed by atoms with Crippen molar-refractivity contribution in [2.24, 2.45) is 7.05 Å². The summed E-state index contributed by atoms with van der Waals surface area (Å²) in [6.45, 7) is 0.500. The normalized spacial score (nSPS) is 11.8. The first kappa shape index (κ1) is 18.4. The zero-order valence-corrected chi connectivity index (χ0v) is 15.7. The van der Waals surface area contributed by atoms with Crippen molar-refractivity contribution in [3.8, 4) is 0 Å². The summed E-state index contributed by atoms with van der Waals surface area (Å²) in [5.74, 6) is 0.574. The number of rotatable bonds is 5. The first-order valence-electron chi connectivity index (χ1n) is 8.04. The predicted molar refractivity (Wildman–Crippen MR) is 105 cm³/mol. The van der Waals surface area contributed by atoms with Gasteiger partial charge in [0.15, 0.2) is 5.11 Å². The molecule has 0 saturated heterocycles. The smallest absolute Gasteiger partial charge is 0.167 e. The van der Waals surface area contributed by atoms with Gasteiger partial charge in [0.25, 0.3) is 0 Å². The van der Waals surface area contributed by atoms with Crippen molar-refractivity contribution in [1.82, 2.24) is 20.2 Å². The van der Waals surface area contributed by atoms with E-state index < -0.39 is 0 Å². The SMILES string of the molecule is Cn1ccnc1[C@@H](NC(=S)NCc1ccc(F)cc1)c1ccc(Cl)cc1. The van der Waals surface area contributed by atoms with Crippen LogP contribution in [0, 0.1) is 5.82 Å². The maximum absolute atomic E-state index is 13.0. The number of aromatic nitrogens is 2. The molecular weight excluding hydrogens is 371 g/mol. The third-order valence-electron chi connectivity index (χ3n) is 3.96. The molecule has 2 N–H and O–H groups in total. The summed E-state index contributed by atoms with van der Waals surface area (Å²) in [4.78, 5) is 4.43. The summed E-state index contributed by atoms with van der Waals surface area (Å²) in [5, 5.41) is 7.60. The average molecular weight is 389 g/mol. The van der Waals surface area contributed by atoms with Crippen LogP contribution in [0.5, 0.6) is 0 Å². The highest BCUT2D eigenvalue weighted by Gasteiger charge is 2.19. The van der Waals surface area contributed by atoms with Gasteiger partial charge in [-0.2, -0.15) is 0 Å². The average Bonchev–Trinajstić information content (AvgIpc) is 3.06. The molecule has 3 aromatic rings. The van der Waals surface area contributed by atoms with E-state index in [0.29, 0.717) is 16.7 Å². The van der Waals surface area contributed by atoms with Crippen LogP contribution in [0.25, 0.3) is 0 Å². The molecule has 0 aliphatic carbocycles. The van der Waals surface area contributed by atoms with Crippen molar-refractivity contribution in [1.29, 1.82) is 0 Å². The molecule has 0 aliphatic heterocycles. The zero-order valence-electron chi connectivity index (χ0n) is 14.1. The lowest BCUT2D eigenvalue weighted by Crippen LogP contribution is -2.38. The molecule has 0 aliphatic rings. The number of halogens is 2.